The summed E-state index contributed by atoms with van der Waals surface area (Å²) in [5.41, 5.74) is 0.922. The number of carboxylic acid groups (broad SMARTS) is 1. The number of urea groups is 1. The van der Waals surface area contributed by atoms with Crippen LogP contribution in [0.4, 0.5) is 14.9 Å². The lowest BCUT2D eigenvalue weighted by atomic mass is 10.1. The van der Waals surface area contributed by atoms with Gasteiger partial charge in [-0.15, -0.1) is 0 Å². The maximum absolute atomic E-state index is 13.8. The zero-order chi connectivity index (χ0) is 28.8. The van der Waals surface area contributed by atoms with E-state index in [1.54, 1.807) is 25.1 Å². The summed E-state index contributed by atoms with van der Waals surface area (Å²) in [5.74, 6) is -2.77. The van der Waals surface area contributed by atoms with E-state index in [4.69, 9.17) is 21.1 Å². The molecule has 0 bridgehead atoms. The number of ether oxygens (including phenoxy) is 2. The minimum Gasteiger partial charge on any atom is -0.490 e. The molecule has 0 atom stereocenters. The molecule has 1 aliphatic heterocycles. The van der Waals surface area contributed by atoms with Crippen molar-refractivity contribution in [2.75, 3.05) is 18.5 Å². The van der Waals surface area contributed by atoms with Crippen LogP contribution >= 0.6 is 11.6 Å². The topological polar surface area (TPSA) is 134 Å². The number of aromatic carboxylic acids is 1. The Kier molecular flexibility index (Phi) is 8.65. The molecule has 1 aliphatic rings. The van der Waals surface area contributed by atoms with Gasteiger partial charge in [0.1, 0.15) is 24.7 Å². The van der Waals surface area contributed by atoms with Crippen LogP contribution in [0.15, 0.2) is 66.4 Å². The quantitative estimate of drug-likeness (QED) is 0.239. The molecule has 0 aromatic heterocycles. The minimum absolute atomic E-state index is 0.0137. The van der Waals surface area contributed by atoms with Crippen LogP contribution in [0, 0.1) is 5.82 Å². The Morgan fingerprint density at radius 3 is 2.60 bits per heavy atom. The second-order valence-electron chi connectivity index (χ2n) is 8.46. The molecule has 4 amide bonds. The lowest BCUT2D eigenvalue weighted by Crippen LogP contribution is -2.38. The number of imide groups is 1. The predicted octanol–water partition coefficient (Wildman–Crippen LogP) is 4.69. The molecular formula is C28H23ClFN3O7. The molecule has 206 valence electrons. The maximum Gasteiger partial charge on any atom is 0.335 e. The number of halogens is 2. The predicted molar refractivity (Wildman–Crippen MR) is 144 cm³/mol. The summed E-state index contributed by atoms with van der Waals surface area (Å²) >= 11 is 6.46. The van der Waals surface area contributed by atoms with Crippen molar-refractivity contribution in [2.24, 2.45) is 0 Å². The minimum atomic E-state index is -1.06. The molecule has 40 heavy (non-hydrogen) atoms. The summed E-state index contributed by atoms with van der Waals surface area (Å²) in [7, 11) is 0. The molecule has 3 aromatic rings. The Labute approximate surface area is 232 Å². The van der Waals surface area contributed by atoms with Gasteiger partial charge >= 0.3 is 12.0 Å². The van der Waals surface area contributed by atoms with E-state index in [1.165, 1.54) is 48.5 Å². The highest BCUT2D eigenvalue weighted by Crippen LogP contribution is 2.38. The van der Waals surface area contributed by atoms with Crippen LogP contribution in [0.25, 0.3) is 6.08 Å². The van der Waals surface area contributed by atoms with Gasteiger partial charge in [-0.1, -0.05) is 35.9 Å². The second kappa shape index (κ2) is 12.3. The Morgan fingerprint density at radius 2 is 1.88 bits per heavy atom. The number of carbonyl (C=O) groups excluding carboxylic acids is 3. The average molecular weight is 568 g/mol. The summed E-state index contributed by atoms with van der Waals surface area (Å²) < 4.78 is 25.3. The van der Waals surface area contributed by atoms with Gasteiger partial charge in [0.15, 0.2) is 11.5 Å². The molecule has 0 radical (unpaired) electrons. The second-order valence-corrected chi connectivity index (χ2v) is 8.87. The van der Waals surface area contributed by atoms with E-state index < -0.39 is 36.2 Å². The highest BCUT2D eigenvalue weighted by molar-refractivity contribution is 6.32. The fourth-order valence-corrected chi connectivity index (χ4v) is 4.08. The Bertz CT molecular complexity index is 1530. The van der Waals surface area contributed by atoms with E-state index in [9.17, 15) is 28.7 Å². The Morgan fingerprint density at radius 1 is 1.10 bits per heavy atom. The first kappa shape index (κ1) is 28.1. The van der Waals surface area contributed by atoms with Crippen molar-refractivity contribution < 1.29 is 38.1 Å². The van der Waals surface area contributed by atoms with Gasteiger partial charge in [-0.25, -0.2) is 18.9 Å². The molecule has 1 heterocycles. The third kappa shape index (κ3) is 6.56. The third-order valence-corrected chi connectivity index (χ3v) is 5.89. The zero-order valence-corrected chi connectivity index (χ0v) is 21.8. The number of rotatable bonds is 10. The maximum atomic E-state index is 13.8. The molecule has 10 nitrogen and oxygen atoms in total. The molecule has 0 aliphatic carbocycles. The number of hydrogen-bond acceptors (Lipinski definition) is 6. The fraction of sp³-hybridized carbons (Fsp3) is 0.143. The standard InChI is InChI=1S/C28H23ClFN3O7/c1-2-39-23-13-17(11-19(29)25(23)40-15-16-6-5-7-18(10-16)27(36)37)12-22-26(35)33(28(38)32-22)14-24(34)31-21-9-4-3-8-20(21)30/h3-13H,2,14-15H2,1H3,(H,31,34)(H,32,38)(H,36,37)/b22-12+. The van der Waals surface area contributed by atoms with Crippen LogP contribution in [0.2, 0.25) is 5.02 Å². The van der Waals surface area contributed by atoms with E-state index >= 15 is 0 Å². The average Bonchev–Trinajstić information content (AvgIpc) is 3.17. The van der Waals surface area contributed by atoms with E-state index in [0.29, 0.717) is 16.0 Å². The summed E-state index contributed by atoms with van der Waals surface area (Å²) in [6.07, 6.45) is 1.36. The van der Waals surface area contributed by atoms with Gasteiger partial charge in [0.2, 0.25) is 5.91 Å². The zero-order valence-electron chi connectivity index (χ0n) is 21.1. The van der Waals surface area contributed by atoms with Crippen LogP contribution in [-0.4, -0.2) is 47.0 Å². The fourth-order valence-electron chi connectivity index (χ4n) is 3.80. The molecule has 1 fully saturated rings. The van der Waals surface area contributed by atoms with Crippen molar-refractivity contribution in [3.8, 4) is 11.5 Å². The molecule has 3 N–H and O–H groups in total. The van der Waals surface area contributed by atoms with Gasteiger partial charge < -0.3 is 25.2 Å². The van der Waals surface area contributed by atoms with Crippen molar-refractivity contribution >= 4 is 47.2 Å². The lowest BCUT2D eigenvalue weighted by molar-refractivity contribution is -0.127. The van der Waals surface area contributed by atoms with E-state index in [0.717, 1.165) is 0 Å². The number of carboxylic acids is 1. The number of nitrogens with one attached hydrogen (secondary N) is 2. The summed E-state index contributed by atoms with van der Waals surface area (Å²) in [6.45, 7) is 1.41. The highest BCUT2D eigenvalue weighted by Gasteiger charge is 2.35. The SMILES string of the molecule is CCOc1cc(/C=C2/NC(=O)N(CC(=O)Nc3ccccc3F)C2=O)cc(Cl)c1OCc1cccc(C(=O)O)c1. The molecular weight excluding hydrogens is 545 g/mol. The van der Waals surface area contributed by atoms with Gasteiger partial charge in [0.05, 0.1) is 22.9 Å². The lowest BCUT2D eigenvalue weighted by Gasteiger charge is -2.15. The number of nitrogens with zero attached hydrogens (tertiary/aromatic N) is 1. The first-order valence-electron chi connectivity index (χ1n) is 12.0. The highest BCUT2D eigenvalue weighted by atomic mass is 35.5. The van der Waals surface area contributed by atoms with Crippen molar-refractivity contribution in [3.05, 3.63) is 93.9 Å². The molecule has 1 saturated heterocycles. The first-order valence-corrected chi connectivity index (χ1v) is 12.3. The van der Waals surface area contributed by atoms with Crippen molar-refractivity contribution in [2.45, 2.75) is 13.5 Å². The summed E-state index contributed by atoms with van der Waals surface area (Å²) in [6, 6.07) is 14.0. The number of anilines is 1. The molecule has 0 saturated carbocycles. The first-order chi connectivity index (χ1) is 19.2. The Balaban J connectivity index is 1.50. The van der Waals surface area contributed by atoms with Crippen LogP contribution in [0.5, 0.6) is 11.5 Å². The van der Waals surface area contributed by atoms with Crippen LogP contribution in [0.1, 0.15) is 28.4 Å². The van der Waals surface area contributed by atoms with Crippen LogP contribution in [0.3, 0.4) is 0 Å². The molecule has 12 heteroatoms. The van der Waals surface area contributed by atoms with Gasteiger partial charge in [0.25, 0.3) is 5.91 Å². The van der Waals surface area contributed by atoms with Gasteiger partial charge in [-0.2, -0.15) is 0 Å². The molecule has 3 aromatic carbocycles. The van der Waals surface area contributed by atoms with Gasteiger partial charge in [-0.05, 0) is 60.5 Å². The molecule has 0 spiro atoms. The number of benzene rings is 3. The normalized spacial score (nSPS) is 13.8. The summed E-state index contributed by atoms with van der Waals surface area (Å²) in [4.78, 5) is 49.5. The van der Waals surface area contributed by atoms with E-state index in [2.05, 4.69) is 10.6 Å². The van der Waals surface area contributed by atoms with E-state index in [1.807, 2.05) is 0 Å². The smallest absolute Gasteiger partial charge is 0.335 e. The van der Waals surface area contributed by atoms with Crippen molar-refractivity contribution in [1.82, 2.24) is 10.2 Å². The van der Waals surface area contributed by atoms with Crippen molar-refractivity contribution in [1.29, 1.82) is 0 Å². The summed E-state index contributed by atoms with van der Waals surface area (Å²) in [5, 5.41) is 14.1. The van der Waals surface area contributed by atoms with Gasteiger partial charge in [-0.3, -0.25) is 9.59 Å². The molecule has 0 unspecified atom stereocenters. The number of carbonyl (C=O) groups is 4. The van der Waals surface area contributed by atoms with E-state index in [-0.39, 0.29) is 46.7 Å². The number of hydrogen-bond donors (Lipinski definition) is 3. The van der Waals surface area contributed by atoms with Crippen LogP contribution in [-0.2, 0) is 16.2 Å². The Hall–Kier alpha value is -4.90. The van der Waals surface area contributed by atoms with Crippen molar-refractivity contribution in [3.63, 3.8) is 0 Å². The third-order valence-electron chi connectivity index (χ3n) is 5.61. The molecule has 4 rings (SSSR count). The van der Waals surface area contributed by atoms with Gasteiger partial charge in [0, 0.05) is 0 Å². The van der Waals surface area contributed by atoms with Crippen LogP contribution < -0.4 is 20.1 Å². The number of amides is 4. The number of para-hydroxylation sites is 1. The monoisotopic (exact) mass is 567 g/mol. The largest absolute Gasteiger partial charge is 0.490 e.